The summed E-state index contributed by atoms with van der Waals surface area (Å²) in [6.07, 6.45) is 2.52. The number of aryl methyl sites for hydroxylation is 3. The summed E-state index contributed by atoms with van der Waals surface area (Å²) in [5, 5.41) is 12.6. The molecule has 210 valence electrons. The third kappa shape index (κ3) is 6.58. The van der Waals surface area contributed by atoms with Crippen LogP contribution in [-0.2, 0) is 36.2 Å². The number of rotatable bonds is 10. The van der Waals surface area contributed by atoms with Gasteiger partial charge in [0.05, 0.1) is 37.2 Å². The van der Waals surface area contributed by atoms with E-state index in [0.717, 1.165) is 6.42 Å². The molecule has 0 aliphatic carbocycles. The van der Waals surface area contributed by atoms with Gasteiger partial charge in [0.15, 0.2) is 0 Å². The normalized spacial score (nSPS) is 16.8. The van der Waals surface area contributed by atoms with Gasteiger partial charge >= 0.3 is 5.97 Å². The Labute approximate surface area is 224 Å². The molecule has 3 aromatic rings. The lowest BCUT2D eigenvalue weighted by Gasteiger charge is -2.39. The first-order chi connectivity index (χ1) is 18.6. The minimum absolute atomic E-state index is 0.0182. The van der Waals surface area contributed by atoms with E-state index >= 15 is 0 Å². The van der Waals surface area contributed by atoms with Gasteiger partial charge in [-0.3, -0.25) is 14.3 Å². The zero-order valence-electron chi connectivity index (χ0n) is 22.6. The number of carbonyl (C=O) groups excluding carboxylic acids is 1. The maximum atomic E-state index is 14.6. The van der Waals surface area contributed by atoms with Gasteiger partial charge in [0.2, 0.25) is 5.43 Å². The average molecular weight is 546 g/mol. The number of hydrogen-bond acceptors (Lipinski definition) is 9. The number of halogens is 2. The van der Waals surface area contributed by atoms with Crippen LogP contribution in [0, 0.1) is 5.92 Å². The first-order valence-corrected chi connectivity index (χ1v) is 12.9. The Kier molecular flexibility index (Phi) is 8.56. The minimum atomic E-state index is -2.95. The summed E-state index contributed by atoms with van der Waals surface area (Å²) < 4.78 is 42.9. The Morgan fingerprint density at radius 2 is 2.03 bits per heavy atom. The number of hydrogen-bond donors (Lipinski definition) is 0. The number of nitrogens with zero attached hydrogens (tertiary/aromatic N) is 7. The Bertz CT molecular complexity index is 1370. The summed E-state index contributed by atoms with van der Waals surface area (Å²) in [6, 6.07) is 4.87. The summed E-state index contributed by atoms with van der Waals surface area (Å²) in [5.74, 6) is -4.02. The van der Waals surface area contributed by atoms with E-state index in [0.29, 0.717) is 48.0 Å². The van der Waals surface area contributed by atoms with E-state index in [9.17, 15) is 18.4 Å². The van der Waals surface area contributed by atoms with Gasteiger partial charge in [-0.1, -0.05) is 19.1 Å². The molecule has 1 fully saturated rings. The van der Waals surface area contributed by atoms with Crippen molar-refractivity contribution in [1.82, 2.24) is 29.8 Å². The molecule has 11 nitrogen and oxygen atoms in total. The molecule has 1 aliphatic rings. The SMILES string of the molecule is CCCn1ccc(=O)c(OCc2c(-c3ccc(N4CC(CC(=O)OC)CC(F)(F)C4)c(CC)n3)nnn2C)n1. The van der Waals surface area contributed by atoms with Gasteiger partial charge in [0.1, 0.15) is 18.0 Å². The van der Waals surface area contributed by atoms with Crippen LogP contribution in [0.4, 0.5) is 14.5 Å². The highest BCUT2D eigenvalue weighted by atomic mass is 19.3. The fraction of sp³-hybridized carbons (Fsp3) is 0.538. The Hall–Kier alpha value is -3.90. The first kappa shape index (κ1) is 28.1. The standard InChI is InChI=1S/C26H33F2N7O4/c1-5-10-35-11-9-22(36)25(31-35)39-15-21-24(30-32-33(21)3)19-7-8-20(18(6-2)29-19)34-14-17(12-23(37)38-4)13-26(27,28)16-34/h7-9,11,17H,5-6,10,12-16H2,1-4H3. The number of esters is 1. The van der Waals surface area contributed by atoms with Crippen molar-refractivity contribution in [1.29, 1.82) is 0 Å². The lowest BCUT2D eigenvalue weighted by Crippen LogP contribution is -2.48. The summed E-state index contributed by atoms with van der Waals surface area (Å²) in [5.41, 5.74) is 2.40. The highest BCUT2D eigenvalue weighted by molar-refractivity contribution is 5.70. The fourth-order valence-electron chi connectivity index (χ4n) is 4.77. The lowest BCUT2D eigenvalue weighted by atomic mass is 9.91. The maximum absolute atomic E-state index is 14.6. The van der Waals surface area contributed by atoms with Gasteiger partial charge in [-0.25, -0.2) is 18.4 Å². The number of ether oxygens (including phenoxy) is 2. The Morgan fingerprint density at radius 1 is 1.23 bits per heavy atom. The van der Waals surface area contributed by atoms with Crippen LogP contribution in [0.25, 0.3) is 11.4 Å². The number of pyridine rings is 1. The second-order valence-corrected chi connectivity index (χ2v) is 9.65. The highest BCUT2D eigenvalue weighted by Crippen LogP contribution is 2.36. The third-order valence-electron chi connectivity index (χ3n) is 6.61. The smallest absolute Gasteiger partial charge is 0.305 e. The van der Waals surface area contributed by atoms with Crippen LogP contribution >= 0.6 is 0 Å². The molecule has 4 heterocycles. The van der Waals surface area contributed by atoms with Crippen molar-refractivity contribution in [2.45, 2.75) is 58.6 Å². The maximum Gasteiger partial charge on any atom is 0.305 e. The van der Waals surface area contributed by atoms with Crippen molar-refractivity contribution in [3.8, 4) is 17.3 Å². The molecule has 13 heteroatoms. The second kappa shape index (κ2) is 11.9. The van der Waals surface area contributed by atoms with Crippen molar-refractivity contribution in [3.05, 3.63) is 46.0 Å². The molecule has 1 aliphatic heterocycles. The molecule has 0 radical (unpaired) electrons. The van der Waals surface area contributed by atoms with Crippen molar-refractivity contribution in [2.75, 3.05) is 25.1 Å². The monoisotopic (exact) mass is 545 g/mol. The average Bonchev–Trinajstić information content (AvgIpc) is 3.27. The van der Waals surface area contributed by atoms with Crippen LogP contribution in [0.2, 0.25) is 0 Å². The van der Waals surface area contributed by atoms with E-state index in [4.69, 9.17) is 14.5 Å². The predicted molar refractivity (Wildman–Crippen MR) is 139 cm³/mol. The van der Waals surface area contributed by atoms with Gasteiger partial charge in [0, 0.05) is 38.8 Å². The van der Waals surface area contributed by atoms with Gasteiger partial charge in [0.25, 0.3) is 11.8 Å². The van der Waals surface area contributed by atoms with Crippen LogP contribution in [0.3, 0.4) is 0 Å². The van der Waals surface area contributed by atoms with Crippen LogP contribution < -0.4 is 15.1 Å². The molecule has 0 saturated carbocycles. The topological polar surface area (TPSA) is 117 Å². The number of methoxy groups -OCH3 is 1. The van der Waals surface area contributed by atoms with Crippen molar-refractivity contribution in [3.63, 3.8) is 0 Å². The molecule has 0 spiro atoms. The first-order valence-electron chi connectivity index (χ1n) is 12.9. The number of aromatic nitrogens is 6. The van der Waals surface area contributed by atoms with E-state index in [1.54, 1.807) is 35.0 Å². The molecule has 0 bridgehead atoms. The van der Waals surface area contributed by atoms with E-state index < -0.39 is 24.4 Å². The molecule has 0 N–H and O–H groups in total. The fourth-order valence-corrected chi connectivity index (χ4v) is 4.77. The van der Waals surface area contributed by atoms with E-state index in [1.165, 1.54) is 17.9 Å². The Balaban J connectivity index is 1.59. The molecule has 3 aromatic heterocycles. The predicted octanol–water partition coefficient (Wildman–Crippen LogP) is 3.01. The summed E-state index contributed by atoms with van der Waals surface area (Å²) in [6.45, 7) is 4.37. The molecular weight excluding hydrogens is 512 g/mol. The largest absolute Gasteiger partial charge is 0.469 e. The van der Waals surface area contributed by atoms with Crippen LogP contribution in [0.5, 0.6) is 5.88 Å². The number of piperidine rings is 1. The molecule has 1 unspecified atom stereocenters. The molecular formula is C26H33F2N7O4. The van der Waals surface area contributed by atoms with E-state index in [1.807, 2.05) is 13.8 Å². The molecule has 0 amide bonds. The van der Waals surface area contributed by atoms with Gasteiger partial charge in [-0.2, -0.15) is 0 Å². The number of anilines is 1. The third-order valence-corrected chi connectivity index (χ3v) is 6.61. The van der Waals surface area contributed by atoms with Crippen LogP contribution in [-0.4, -0.2) is 61.8 Å². The summed E-state index contributed by atoms with van der Waals surface area (Å²) in [7, 11) is 2.96. The second-order valence-electron chi connectivity index (χ2n) is 9.65. The van der Waals surface area contributed by atoms with Crippen molar-refractivity contribution < 1.29 is 23.0 Å². The molecule has 1 saturated heterocycles. The summed E-state index contributed by atoms with van der Waals surface area (Å²) >= 11 is 0. The van der Waals surface area contributed by atoms with Gasteiger partial charge < -0.3 is 14.4 Å². The van der Waals surface area contributed by atoms with Crippen molar-refractivity contribution in [2.24, 2.45) is 13.0 Å². The quantitative estimate of drug-likeness (QED) is 0.354. The van der Waals surface area contributed by atoms with Gasteiger partial charge in [-0.15, -0.1) is 10.2 Å². The number of carbonyl (C=O) groups is 1. The van der Waals surface area contributed by atoms with Gasteiger partial charge in [-0.05, 0) is 30.9 Å². The van der Waals surface area contributed by atoms with Crippen LogP contribution in [0.15, 0.2) is 29.2 Å². The van der Waals surface area contributed by atoms with Crippen molar-refractivity contribution >= 4 is 11.7 Å². The zero-order chi connectivity index (χ0) is 28.2. The zero-order valence-corrected chi connectivity index (χ0v) is 22.6. The van der Waals surface area contributed by atoms with Crippen LogP contribution in [0.1, 0.15) is 44.5 Å². The minimum Gasteiger partial charge on any atom is -0.469 e. The molecule has 1 atom stereocenters. The highest BCUT2D eigenvalue weighted by Gasteiger charge is 2.41. The molecule has 0 aromatic carbocycles. The summed E-state index contributed by atoms with van der Waals surface area (Å²) in [4.78, 5) is 30.3. The Morgan fingerprint density at radius 3 is 2.74 bits per heavy atom. The number of alkyl halides is 2. The molecule has 39 heavy (non-hydrogen) atoms. The lowest BCUT2D eigenvalue weighted by molar-refractivity contribution is -0.142. The molecule has 4 rings (SSSR count). The van der Waals surface area contributed by atoms with E-state index in [2.05, 4.69) is 15.4 Å². The van der Waals surface area contributed by atoms with E-state index in [-0.39, 0.29) is 30.8 Å².